The molecule has 0 saturated heterocycles. The number of halogens is 1. The van der Waals surface area contributed by atoms with Gasteiger partial charge in [-0.2, -0.15) is 0 Å². The van der Waals surface area contributed by atoms with Crippen LogP contribution in [0.25, 0.3) is 16.6 Å². The van der Waals surface area contributed by atoms with Gasteiger partial charge in [0.15, 0.2) is 0 Å². The zero-order chi connectivity index (χ0) is 15.9. The van der Waals surface area contributed by atoms with Crippen molar-refractivity contribution in [3.63, 3.8) is 0 Å². The van der Waals surface area contributed by atoms with Gasteiger partial charge in [0.25, 0.3) is 5.56 Å². The zero-order valence-corrected chi connectivity index (χ0v) is 12.0. The molecular formula is C16H11ClN2O3. The molecule has 3 N–H and O–H groups in total. The number of carboxylic acids is 1. The number of rotatable bonds is 2. The highest BCUT2D eigenvalue weighted by Crippen LogP contribution is 2.27. The molecule has 2 aromatic carbocycles. The standard InChI is InChI=1S/C16H11ClN2O3/c17-9-6-7-11-12(8-9)19(10-4-2-1-3-5-10)15(20)13(14(11)18)16(21)22/h1-8H,18H2,(H,21,22). The number of hydrogen-bond acceptors (Lipinski definition) is 3. The lowest BCUT2D eigenvalue weighted by Crippen LogP contribution is -2.27. The van der Waals surface area contributed by atoms with Crippen molar-refractivity contribution < 1.29 is 9.90 Å². The number of carboxylic acid groups (broad SMARTS) is 1. The zero-order valence-electron chi connectivity index (χ0n) is 11.3. The van der Waals surface area contributed by atoms with Gasteiger partial charge in [0, 0.05) is 16.1 Å². The molecule has 0 atom stereocenters. The van der Waals surface area contributed by atoms with Crippen molar-refractivity contribution >= 4 is 34.2 Å². The Balaban J connectivity index is 2.56. The predicted octanol–water partition coefficient (Wildman–Crippen LogP) is 2.92. The highest BCUT2D eigenvalue weighted by atomic mass is 35.5. The SMILES string of the molecule is Nc1c(C(=O)O)c(=O)n(-c2ccccc2)c2cc(Cl)ccc12. The van der Waals surface area contributed by atoms with E-state index in [1.165, 1.54) is 4.57 Å². The number of nitrogens with two attached hydrogens (primary N) is 1. The second-order valence-corrected chi connectivity index (χ2v) is 5.17. The van der Waals surface area contributed by atoms with Crippen LogP contribution in [-0.4, -0.2) is 15.6 Å². The fraction of sp³-hybridized carbons (Fsp3) is 0. The van der Waals surface area contributed by atoms with Crippen LogP contribution in [0, 0.1) is 0 Å². The van der Waals surface area contributed by atoms with Crippen molar-refractivity contribution in [2.45, 2.75) is 0 Å². The van der Waals surface area contributed by atoms with E-state index in [-0.39, 0.29) is 5.69 Å². The van der Waals surface area contributed by atoms with E-state index < -0.39 is 17.1 Å². The Hall–Kier alpha value is -2.79. The van der Waals surface area contributed by atoms with Gasteiger partial charge in [-0.1, -0.05) is 29.8 Å². The summed E-state index contributed by atoms with van der Waals surface area (Å²) in [5.41, 5.74) is 5.69. The number of aromatic nitrogens is 1. The third kappa shape index (κ3) is 2.12. The summed E-state index contributed by atoms with van der Waals surface area (Å²) in [6.45, 7) is 0. The van der Waals surface area contributed by atoms with Crippen LogP contribution >= 0.6 is 11.6 Å². The number of anilines is 1. The first-order valence-corrected chi connectivity index (χ1v) is 6.81. The molecule has 3 aromatic rings. The number of pyridine rings is 1. The van der Waals surface area contributed by atoms with Gasteiger partial charge in [0.1, 0.15) is 5.56 Å². The number of para-hydroxylation sites is 1. The number of nitrogen functional groups attached to an aromatic ring is 1. The summed E-state index contributed by atoms with van der Waals surface area (Å²) < 4.78 is 1.31. The largest absolute Gasteiger partial charge is 0.477 e. The topological polar surface area (TPSA) is 85.3 Å². The second-order valence-electron chi connectivity index (χ2n) is 4.73. The van der Waals surface area contributed by atoms with E-state index in [0.29, 0.717) is 21.6 Å². The molecule has 6 heteroatoms. The lowest BCUT2D eigenvalue weighted by molar-refractivity contribution is 0.0696. The Kier molecular flexibility index (Phi) is 3.35. The number of hydrogen-bond donors (Lipinski definition) is 2. The molecule has 1 aromatic heterocycles. The molecule has 5 nitrogen and oxygen atoms in total. The van der Waals surface area contributed by atoms with Gasteiger partial charge < -0.3 is 10.8 Å². The third-order valence-corrected chi connectivity index (χ3v) is 3.64. The maximum Gasteiger partial charge on any atom is 0.343 e. The number of nitrogens with zero attached hydrogens (tertiary/aromatic N) is 1. The average molecular weight is 315 g/mol. The van der Waals surface area contributed by atoms with Crippen molar-refractivity contribution in [1.29, 1.82) is 0 Å². The Morgan fingerprint density at radius 3 is 2.45 bits per heavy atom. The Morgan fingerprint density at radius 2 is 1.82 bits per heavy atom. The summed E-state index contributed by atoms with van der Waals surface area (Å²) in [5, 5.41) is 10.2. The summed E-state index contributed by atoms with van der Waals surface area (Å²) in [4.78, 5) is 24.0. The summed E-state index contributed by atoms with van der Waals surface area (Å²) in [5.74, 6) is -1.36. The van der Waals surface area contributed by atoms with Gasteiger partial charge in [0.2, 0.25) is 0 Å². The van der Waals surface area contributed by atoms with Crippen molar-refractivity contribution in [3.8, 4) is 5.69 Å². The highest BCUT2D eigenvalue weighted by molar-refractivity contribution is 6.31. The summed E-state index contributed by atoms with van der Waals surface area (Å²) in [6.07, 6.45) is 0. The van der Waals surface area contributed by atoms with Crippen LogP contribution < -0.4 is 11.3 Å². The molecule has 0 bridgehead atoms. The molecule has 0 aliphatic carbocycles. The first-order valence-electron chi connectivity index (χ1n) is 6.43. The van der Waals surface area contributed by atoms with Crippen LogP contribution in [0.3, 0.4) is 0 Å². The van der Waals surface area contributed by atoms with E-state index in [0.717, 1.165) is 0 Å². The molecule has 0 spiro atoms. The molecule has 22 heavy (non-hydrogen) atoms. The molecule has 1 heterocycles. The van der Waals surface area contributed by atoms with Crippen LogP contribution in [0.5, 0.6) is 0 Å². The molecule has 0 aliphatic rings. The van der Waals surface area contributed by atoms with E-state index in [9.17, 15) is 14.7 Å². The van der Waals surface area contributed by atoms with E-state index in [1.807, 2.05) is 0 Å². The average Bonchev–Trinajstić information content (AvgIpc) is 2.47. The van der Waals surface area contributed by atoms with E-state index in [2.05, 4.69) is 0 Å². The molecule has 0 aliphatic heterocycles. The normalized spacial score (nSPS) is 10.8. The monoisotopic (exact) mass is 314 g/mol. The van der Waals surface area contributed by atoms with E-state index >= 15 is 0 Å². The molecule has 0 unspecified atom stereocenters. The lowest BCUT2D eigenvalue weighted by atomic mass is 10.1. The molecule has 110 valence electrons. The smallest absolute Gasteiger partial charge is 0.343 e. The maximum absolute atomic E-state index is 12.6. The molecular weight excluding hydrogens is 304 g/mol. The van der Waals surface area contributed by atoms with Crippen LogP contribution in [0.15, 0.2) is 53.3 Å². The van der Waals surface area contributed by atoms with Gasteiger partial charge in [-0.05, 0) is 30.3 Å². The highest BCUT2D eigenvalue weighted by Gasteiger charge is 2.21. The number of fused-ring (bicyclic) bond motifs is 1. The van der Waals surface area contributed by atoms with Gasteiger partial charge in [0.05, 0.1) is 11.2 Å². The Morgan fingerprint density at radius 1 is 1.14 bits per heavy atom. The van der Waals surface area contributed by atoms with Gasteiger partial charge in [-0.15, -0.1) is 0 Å². The molecule has 0 saturated carbocycles. The number of carbonyl (C=O) groups is 1. The van der Waals surface area contributed by atoms with Gasteiger partial charge in [-0.25, -0.2) is 4.79 Å². The minimum absolute atomic E-state index is 0.0589. The molecule has 3 rings (SSSR count). The first kappa shape index (κ1) is 14.2. The fourth-order valence-electron chi connectivity index (χ4n) is 2.43. The predicted molar refractivity (Wildman–Crippen MR) is 85.9 cm³/mol. The summed E-state index contributed by atoms with van der Waals surface area (Å²) >= 11 is 6.01. The first-order chi connectivity index (χ1) is 10.5. The molecule has 0 radical (unpaired) electrons. The summed E-state index contributed by atoms with van der Waals surface area (Å²) in [7, 11) is 0. The van der Waals surface area contributed by atoms with Gasteiger partial charge in [-0.3, -0.25) is 9.36 Å². The molecule has 0 amide bonds. The number of aromatic carboxylic acids is 1. The van der Waals surface area contributed by atoms with E-state index in [4.69, 9.17) is 17.3 Å². The fourth-order valence-corrected chi connectivity index (χ4v) is 2.60. The quantitative estimate of drug-likeness (QED) is 0.761. The Labute approximate surface area is 130 Å². The Bertz CT molecular complexity index is 949. The van der Waals surface area contributed by atoms with Crippen LogP contribution in [0.1, 0.15) is 10.4 Å². The number of benzene rings is 2. The summed E-state index contributed by atoms with van der Waals surface area (Å²) in [6, 6.07) is 13.5. The lowest BCUT2D eigenvalue weighted by Gasteiger charge is -2.14. The molecule has 0 fully saturated rings. The van der Waals surface area contributed by atoms with E-state index in [1.54, 1.807) is 48.5 Å². The van der Waals surface area contributed by atoms with Crippen molar-refractivity contribution in [2.24, 2.45) is 0 Å². The maximum atomic E-state index is 12.6. The minimum atomic E-state index is -1.36. The van der Waals surface area contributed by atoms with Crippen molar-refractivity contribution in [3.05, 3.63) is 69.5 Å². The third-order valence-electron chi connectivity index (χ3n) is 3.41. The van der Waals surface area contributed by atoms with Crippen LogP contribution in [0.2, 0.25) is 5.02 Å². The van der Waals surface area contributed by atoms with Crippen LogP contribution in [-0.2, 0) is 0 Å². The second kappa shape index (κ2) is 5.20. The van der Waals surface area contributed by atoms with Crippen molar-refractivity contribution in [2.75, 3.05) is 5.73 Å². The van der Waals surface area contributed by atoms with Crippen molar-refractivity contribution in [1.82, 2.24) is 4.57 Å². The van der Waals surface area contributed by atoms with Crippen LogP contribution in [0.4, 0.5) is 5.69 Å². The minimum Gasteiger partial charge on any atom is -0.477 e. The van der Waals surface area contributed by atoms with Gasteiger partial charge >= 0.3 is 5.97 Å².